The van der Waals surface area contributed by atoms with E-state index in [9.17, 15) is 28.8 Å². The van der Waals surface area contributed by atoms with Crippen molar-refractivity contribution in [2.24, 2.45) is 0 Å². The number of methoxy groups -OCH3 is 1. The van der Waals surface area contributed by atoms with E-state index in [1.807, 2.05) is 0 Å². The van der Waals surface area contributed by atoms with E-state index in [0.29, 0.717) is 65.9 Å². The molecule has 1 aromatic rings. The molecule has 0 aromatic heterocycles. The van der Waals surface area contributed by atoms with Gasteiger partial charge in [0.1, 0.15) is 12.6 Å². The maximum Gasteiger partial charge on any atom is 0.331 e. The van der Waals surface area contributed by atoms with Gasteiger partial charge in [-0.3, -0.25) is 34.2 Å². The molecule has 0 bridgehead atoms. The highest BCUT2D eigenvalue weighted by atomic mass is 16.6. The average molecular weight is 636 g/mol. The molecule has 2 aliphatic heterocycles. The van der Waals surface area contributed by atoms with E-state index in [4.69, 9.17) is 23.7 Å². The Morgan fingerprint density at radius 1 is 0.822 bits per heavy atom. The second-order valence-corrected chi connectivity index (χ2v) is 10.1. The summed E-state index contributed by atoms with van der Waals surface area (Å²) >= 11 is 0. The molecule has 15 heteroatoms. The fraction of sp³-hybridized carbons (Fsp3) is 0.600. The van der Waals surface area contributed by atoms with Crippen LogP contribution < -0.4 is 10.6 Å². The van der Waals surface area contributed by atoms with Crippen molar-refractivity contribution in [3.63, 3.8) is 0 Å². The Labute approximate surface area is 261 Å². The maximum absolute atomic E-state index is 13.1. The Morgan fingerprint density at radius 2 is 1.44 bits per heavy atom. The molecule has 45 heavy (non-hydrogen) atoms. The molecule has 0 radical (unpaired) electrons. The molecule has 1 aromatic carbocycles. The number of anilines is 1. The Hall–Kier alpha value is -3.76. The topological polar surface area (TPSA) is 185 Å². The van der Waals surface area contributed by atoms with Crippen molar-refractivity contribution in [2.75, 3.05) is 78.5 Å². The van der Waals surface area contributed by atoms with Gasteiger partial charge in [-0.2, -0.15) is 0 Å². The predicted octanol–water partition coefficient (Wildman–Crippen LogP) is 0.843. The first-order valence-corrected chi connectivity index (χ1v) is 14.9. The third-order valence-electron chi connectivity index (χ3n) is 6.87. The number of ether oxygens (including phenoxy) is 6. The summed E-state index contributed by atoms with van der Waals surface area (Å²) in [6, 6.07) is 3.51. The van der Waals surface area contributed by atoms with Crippen LogP contribution in [0.25, 0.3) is 0 Å². The number of carbonyl (C=O) groups is 6. The third-order valence-corrected chi connectivity index (χ3v) is 6.87. The fourth-order valence-electron chi connectivity index (χ4n) is 4.59. The third kappa shape index (κ3) is 11.6. The lowest BCUT2D eigenvalue weighted by atomic mass is 10.0. The van der Waals surface area contributed by atoms with Crippen LogP contribution in [0, 0.1) is 0 Å². The molecule has 1 saturated heterocycles. The van der Waals surface area contributed by atoms with E-state index in [-0.39, 0.29) is 48.6 Å². The highest BCUT2D eigenvalue weighted by molar-refractivity contribution is 6.26. The molecule has 15 nitrogen and oxygen atoms in total. The molecule has 0 aliphatic carbocycles. The quantitative estimate of drug-likeness (QED) is 0.104. The lowest BCUT2D eigenvalue weighted by molar-refractivity contribution is -0.146. The summed E-state index contributed by atoms with van der Waals surface area (Å²) in [5.41, 5.74) is 0.373. The standard InChI is InChI=1S/C30H41N3O12/c1-40-26(36)20-45-19-18-44-17-16-43-15-14-42-13-12-41-11-4-2-3-8-24(34)31-22-7-5-6-21-27(22)30(39)33(29(21)38)23-9-10-25(35)32-28(23)37/h5-7,23H,2-4,8-20H2,1H3,(H,31,34)(H,32,35,37). The number of rotatable bonds is 22. The number of hydrogen-bond acceptors (Lipinski definition) is 12. The van der Waals surface area contributed by atoms with Gasteiger partial charge in [-0.25, -0.2) is 4.79 Å². The van der Waals surface area contributed by atoms with Gasteiger partial charge >= 0.3 is 5.97 Å². The minimum Gasteiger partial charge on any atom is -0.467 e. The smallest absolute Gasteiger partial charge is 0.331 e. The number of piperidine rings is 1. The molecular formula is C30H41N3O12. The molecular weight excluding hydrogens is 594 g/mol. The molecule has 0 saturated carbocycles. The number of imide groups is 2. The van der Waals surface area contributed by atoms with Crippen LogP contribution in [-0.4, -0.2) is 120 Å². The van der Waals surface area contributed by atoms with Crippen molar-refractivity contribution in [2.45, 2.75) is 44.6 Å². The second-order valence-electron chi connectivity index (χ2n) is 10.1. The van der Waals surface area contributed by atoms with Crippen LogP contribution in [0.5, 0.6) is 0 Å². The molecule has 248 valence electrons. The molecule has 1 atom stereocenters. The summed E-state index contributed by atoms with van der Waals surface area (Å²) in [6.45, 7) is 3.65. The number of unbranched alkanes of at least 4 members (excludes halogenated alkanes) is 2. The molecule has 2 heterocycles. The van der Waals surface area contributed by atoms with Crippen LogP contribution in [-0.2, 0) is 47.6 Å². The van der Waals surface area contributed by atoms with Gasteiger partial charge < -0.3 is 33.7 Å². The van der Waals surface area contributed by atoms with Gasteiger partial charge in [-0.1, -0.05) is 12.5 Å². The van der Waals surface area contributed by atoms with Crippen LogP contribution >= 0.6 is 0 Å². The first-order valence-electron chi connectivity index (χ1n) is 14.9. The van der Waals surface area contributed by atoms with Crippen molar-refractivity contribution in [3.05, 3.63) is 29.3 Å². The summed E-state index contributed by atoms with van der Waals surface area (Å²) in [6.07, 6.45) is 2.44. The van der Waals surface area contributed by atoms with E-state index in [0.717, 1.165) is 17.7 Å². The van der Waals surface area contributed by atoms with Crippen molar-refractivity contribution < 1.29 is 57.2 Å². The van der Waals surface area contributed by atoms with Gasteiger partial charge in [-0.15, -0.1) is 0 Å². The Morgan fingerprint density at radius 3 is 2.07 bits per heavy atom. The van der Waals surface area contributed by atoms with Crippen LogP contribution in [0.3, 0.4) is 0 Å². The molecule has 0 spiro atoms. The summed E-state index contributed by atoms with van der Waals surface area (Å²) < 4.78 is 31.2. The molecule has 5 amide bonds. The number of hydrogen-bond donors (Lipinski definition) is 2. The summed E-state index contributed by atoms with van der Waals surface area (Å²) in [5, 5.41) is 4.88. The minimum atomic E-state index is -1.07. The largest absolute Gasteiger partial charge is 0.467 e. The van der Waals surface area contributed by atoms with Gasteiger partial charge in [0.25, 0.3) is 11.8 Å². The van der Waals surface area contributed by atoms with Gasteiger partial charge in [0.05, 0.1) is 76.8 Å². The van der Waals surface area contributed by atoms with Crippen LogP contribution in [0.1, 0.15) is 59.2 Å². The normalized spacial score (nSPS) is 16.1. The number of amides is 5. The van der Waals surface area contributed by atoms with Crippen molar-refractivity contribution in [1.82, 2.24) is 10.2 Å². The summed E-state index contributed by atoms with van der Waals surface area (Å²) in [7, 11) is 1.30. The average Bonchev–Trinajstić information content (AvgIpc) is 3.28. The molecule has 2 aliphatic rings. The number of benzene rings is 1. The van der Waals surface area contributed by atoms with E-state index < -0.39 is 35.6 Å². The Bertz CT molecular complexity index is 1190. The summed E-state index contributed by atoms with van der Waals surface area (Å²) in [4.78, 5) is 74.1. The van der Waals surface area contributed by atoms with E-state index in [2.05, 4.69) is 15.4 Å². The van der Waals surface area contributed by atoms with Crippen LogP contribution in [0.2, 0.25) is 0 Å². The predicted molar refractivity (Wildman–Crippen MR) is 156 cm³/mol. The first-order chi connectivity index (χ1) is 21.8. The van der Waals surface area contributed by atoms with Gasteiger partial charge in [0.2, 0.25) is 17.7 Å². The van der Waals surface area contributed by atoms with Gasteiger partial charge in [0, 0.05) is 19.4 Å². The molecule has 2 N–H and O–H groups in total. The van der Waals surface area contributed by atoms with E-state index in [1.54, 1.807) is 12.1 Å². The monoisotopic (exact) mass is 635 g/mol. The SMILES string of the molecule is COC(=O)COCCOCCOCCOCCOCCCCCC(=O)Nc1cccc2c1C(=O)N(C1CCC(=O)NC1=O)C2=O. The Kier molecular flexibility index (Phi) is 15.5. The molecule has 1 fully saturated rings. The summed E-state index contributed by atoms with van der Waals surface area (Å²) in [5.74, 6) is -3.16. The number of esters is 1. The van der Waals surface area contributed by atoms with Crippen molar-refractivity contribution in [1.29, 1.82) is 0 Å². The number of nitrogens with one attached hydrogen (secondary N) is 2. The number of fused-ring (bicyclic) bond motifs is 1. The fourth-order valence-corrected chi connectivity index (χ4v) is 4.59. The number of carbonyl (C=O) groups excluding carboxylic acids is 6. The Balaban J connectivity index is 1.18. The zero-order chi connectivity index (χ0) is 32.4. The minimum absolute atomic E-state index is 0.0280. The maximum atomic E-state index is 13.1. The lowest BCUT2D eigenvalue weighted by Gasteiger charge is -2.27. The molecule has 3 rings (SSSR count). The highest BCUT2D eigenvalue weighted by Gasteiger charge is 2.45. The molecule has 1 unspecified atom stereocenters. The first kappa shape index (κ1) is 35.7. The highest BCUT2D eigenvalue weighted by Crippen LogP contribution is 2.32. The van der Waals surface area contributed by atoms with Crippen LogP contribution in [0.15, 0.2) is 18.2 Å². The van der Waals surface area contributed by atoms with Crippen molar-refractivity contribution in [3.8, 4) is 0 Å². The van der Waals surface area contributed by atoms with E-state index in [1.165, 1.54) is 13.2 Å². The zero-order valence-corrected chi connectivity index (χ0v) is 25.5. The van der Waals surface area contributed by atoms with Crippen LogP contribution in [0.4, 0.5) is 5.69 Å². The van der Waals surface area contributed by atoms with Gasteiger partial charge in [0.15, 0.2) is 0 Å². The van der Waals surface area contributed by atoms with Gasteiger partial charge in [-0.05, 0) is 31.4 Å². The van der Waals surface area contributed by atoms with E-state index >= 15 is 0 Å². The zero-order valence-electron chi connectivity index (χ0n) is 25.5. The lowest BCUT2D eigenvalue weighted by Crippen LogP contribution is -2.54. The van der Waals surface area contributed by atoms with Crippen molar-refractivity contribution >= 4 is 41.2 Å². The number of nitrogens with zero attached hydrogens (tertiary/aromatic N) is 1. The second kappa shape index (κ2) is 19.6.